The van der Waals surface area contributed by atoms with Gasteiger partial charge in [-0.3, -0.25) is 9.59 Å². The molecule has 0 heterocycles. The van der Waals surface area contributed by atoms with Crippen molar-refractivity contribution in [3.63, 3.8) is 0 Å². The first-order chi connectivity index (χ1) is 9.45. The molecule has 0 fully saturated rings. The number of urea groups is 1. The highest BCUT2D eigenvalue weighted by Gasteiger charge is 2.07. The highest BCUT2D eigenvalue weighted by molar-refractivity contribution is 5.75. The van der Waals surface area contributed by atoms with E-state index in [0.717, 1.165) is 6.42 Å². The maximum absolute atomic E-state index is 11.4. The predicted molar refractivity (Wildman–Crippen MR) is 73.3 cm³/mol. The molecule has 0 aliphatic heterocycles. The number of ether oxygens (including phenoxy) is 1. The van der Waals surface area contributed by atoms with Crippen molar-refractivity contribution in [2.45, 2.75) is 39.5 Å². The Bertz CT molecular complexity index is 320. The van der Waals surface area contributed by atoms with Gasteiger partial charge in [-0.15, -0.1) is 0 Å². The minimum absolute atomic E-state index is 0.146. The summed E-state index contributed by atoms with van der Waals surface area (Å²) in [4.78, 5) is 32.8. The van der Waals surface area contributed by atoms with Crippen molar-refractivity contribution in [1.29, 1.82) is 0 Å². The van der Waals surface area contributed by atoms with E-state index in [1.54, 1.807) is 6.92 Å². The number of carbonyl (C=O) groups is 3. The summed E-state index contributed by atoms with van der Waals surface area (Å²) in [5.74, 6) is -0.900. The molecule has 0 rings (SSSR count). The van der Waals surface area contributed by atoms with E-state index < -0.39 is 5.97 Å². The van der Waals surface area contributed by atoms with Crippen LogP contribution in [-0.4, -0.2) is 42.8 Å². The highest BCUT2D eigenvalue weighted by atomic mass is 16.5. The summed E-state index contributed by atoms with van der Waals surface area (Å²) in [5, 5.41) is 13.7. The lowest BCUT2D eigenvalue weighted by atomic mass is 10.0. The zero-order valence-corrected chi connectivity index (χ0v) is 12.1. The van der Waals surface area contributed by atoms with Crippen LogP contribution in [0.4, 0.5) is 4.79 Å². The van der Waals surface area contributed by atoms with Crippen LogP contribution in [-0.2, 0) is 14.3 Å². The summed E-state index contributed by atoms with van der Waals surface area (Å²) < 4.78 is 4.72. The molecule has 2 amide bonds. The van der Waals surface area contributed by atoms with Gasteiger partial charge in [-0.1, -0.05) is 6.92 Å². The Morgan fingerprint density at radius 2 is 1.75 bits per heavy atom. The van der Waals surface area contributed by atoms with Crippen LogP contribution in [0.3, 0.4) is 0 Å². The van der Waals surface area contributed by atoms with Crippen LogP contribution in [0.5, 0.6) is 0 Å². The Labute approximate surface area is 119 Å². The van der Waals surface area contributed by atoms with Crippen LogP contribution in [0.25, 0.3) is 0 Å². The molecule has 0 aromatic rings. The third-order valence-electron chi connectivity index (χ3n) is 2.69. The number of rotatable bonds is 10. The normalized spacial score (nSPS) is 11.5. The fraction of sp³-hybridized carbons (Fsp3) is 0.769. The second-order valence-electron chi connectivity index (χ2n) is 4.56. The molecule has 0 aromatic heterocycles. The first-order valence-corrected chi connectivity index (χ1v) is 6.84. The van der Waals surface area contributed by atoms with Gasteiger partial charge in [0.1, 0.15) is 0 Å². The van der Waals surface area contributed by atoms with Gasteiger partial charge < -0.3 is 20.5 Å². The fourth-order valence-electron chi connectivity index (χ4n) is 1.52. The quantitative estimate of drug-likeness (QED) is 0.523. The molecule has 0 radical (unpaired) electrons. The lowest BCUT2D eigenvalue weighted by Gasteiger charge is -2.11. The third kappa shape index (κ3) is 11.3. The monoisotopic (exact) mass is 288 g/mol. The first kappa shape index (κ1) is 18.2. The van der Waals surface area contributed by atoms with E-state index in [4.69, 9.17) is 9.84 Å². The molecule has 0 bridgehead atoms. The van der Waals surface area contributed by atoms with E-state index in [0.29, 0.717) is 19.6 Å². The van der Waals surface area contributed by atoms with Crippen LogP contribution in [0.15, 0.2) is 0 Å². The average Bonchev–Trinajstić information content (AvgIpc) is 2.36. The molecule has 7 heteroatoms. The van der Waals surface area contributed by atoms with Crippen LogP contribution >= 0.6 is 0 Å². The molecular formula is C13H24N2O5. The molecule has 0 aromatic carbocycles. The molecule has 0 spiro atoms. The van der Waals surface area contributed by atoms with Gasteiger partial charge in [0.25, 0.3) is 0 Å². The zero-order valence-electron chi connectivity index (χ0n) is 12.1. The summed E-state index contributed by atoms with van der Waals surface area (Å²) in [7, 11) is 0. The number of hydrogen-bond acceptors (Lipinski definition) is 4. The van der Waals surface area contributed by atoms with Gasteiger partial charge in [-0.2, -0.15) is 0 Å². The molecule has 20 heavy (non-hydrogen) atoms. The second-order valence-corrected chi connectivity index (χ2v) is 4.56. The molecule has 1 atom stereocenters. The van der Waals surface area contributed by atoms with E-state index >= 15 is 0 Å². The minimum Gasteiger partial charge on any atom is -0.481 e. The number of carboxylic acid groups (broad SMARTS) is 1. The van der Waals surface area contributed by atoms with E-state index in [-0.39, 0.29) is 37.3 Å². The van der Waals surface area contributed by atoms with Gasteiger partial charge in [0.05, 0.1) is 13.0 Å². The number of carbonyl (C=O) groups excluding carboxylic acids is 2. The predicted octanol–water partition coefficient (Wildman–Crippen LogP) is 1.13. The molecule has 0 aliphatic rings. The van der Waals surface area contributed by atoms with Gasteiger partial charge in [0.2, 0.25) is 0 Å². The van der Waals surface area contributed by atoms with Gasteiger partial charge >= 0.3 is 18.0 Å². The van der Waals surface area contributed by atoms with Gasteiger partial charge in [0.15, 0.2) is 0 Å². The van der Waals surface area contributed by atoms with E-state index in [2.05, 4.69) is 10.6 Å². The Kier molecular flexibility index (Phi) is 10.1. The number of nitrogens with one attached hydrogen (secondary N) is 2. The van der Waals surface area contributed by atoms with Crippen molar-refractivity contribution >= 4 is 18.0 Å². The Morgan fingerprint density at radius 1 is 1.10 bits per heavy atom. The van der Waals surface area contributed by atoms with Crippen LogP contribution in [0.1, 0.15) is 39.5 Å². The van der Waals surface area contributed by atoms with Crippen LogP contribution in [0, 0.1) is 5.92 Å². The van der Waals surface area contributed by atoms with Crippen molar-refractivity contribution in [2.75, 3.05) is 19.7 Å². The summed E-state index contributed by atoms with van der Waals surface area (Å²) >= 11 is 0. The first-order valence-electron chi connectivity index (χ1n) is 6.84. The Hall–Kier alpha value is -1.79. The molecule has 0 saturated carbocycles. The van der Waals surface area contributed by atoms with Crippen molar-refractivity contribution in [2.24, 2.45) is 5.92 Å². The maximum atomic E-state index is 11.4. The van der Waals surface area contributed by atoms with Gasteiger partial charge in [-0.05, 0) is 25.7 Å². The van der Waals surface area contributed by atoms with E-state index in [1.165, 1.54) is 0 Å². The van der Waals surface area contributed by atoms with Crippen LogP contribution in [0.2, 0.25) is 0 Å². The molecule has 1 unspecified atom stereocenters. The summed E-state index contributed by atoms with van der Waals surface area (Å²) in [6.07, 6.45) is 1.61. The van der Waals surface area contributed by atoms with Crippen molar-refractivity contribution in [3.05, 3.63) is 0 Å². The lowest BCUT2D eigenvalue weighted by molar-refractivity contribution is -0.143. The second kappa shape index (κ2) is 11.1. The summed E-state index contributed by atoms with van der Waals surface area (Å²) in [6.45, 7) is 4.72. The number of hydrogen-bond donors (Lipinski definition) is 3. The number of aliphatic carboxylic acids is 1. The topological polar surface area (TPSA) is 105 Å². The Morgan fingerprint density at radius 3 is 2.35 bits per heavy atom. The number of esters is 1. The standard InChI is InChI=1S/C13H24N2O5/c1-3-20-12(18)7-9-15-13(19)14-8-6-10(2)4-5-11(16)17/h10H,3-9H2,1-2H3,(H,16,17)(H2,14,15,19). The fourth-order valence-corrected chi connectivity index (χ4v) is 1.52. The Balaban J connectivity index is 3.53. The maximum Gasteiger partial charge on any atom is 0.314 e. The van der Waals surface area contributed by atoms with Crippen molar-refractivity contribution in [3.8, 4) is 0 Å². The smallest absolute Gasteiger partial charge is 0.314 e. The van der Waals surface area contributed by atoms with E-state index in [1.807, 2.05) is 6.92 Å². The average molecular weight is 288 g/mol. The third-order valence-corrected chi connectivity index (χ3v) is 2.69. The molecule has 116 valence electrons. The lowest BCUT2D eigenvalue weighted by Crippen LogP contribution is -2.37. The summed E-state index contributed by atoms with van der Waals surface area (Å²) in [6, 6.07) is -0.334. The minimum atomic E-state index is -0.804. The molecule has 0 saturated heterocycles. The molecule has 3 N–H and O–H groups in total. The molecule has 7 nitrogen and oxygen atoms in total. The van der Waals surface area contributed by atoms with Crippen molar-refractivity contribution < 1.29 is 24.2 Å². The van der Waals surface area contributed by atoms with Crippen molar-refractivity contribution in [1.82, 2.24) is 10.6 Å². The number of carboxylic acids is 1. The van der Waals surface area contributed by atoms with E-state index in [9.17, 15) is 14.4 Å². The summed E-state index contributed by atoms with van der Waals surface area (Å²) in [5.41, 5.74) is 0. The van der Waals surface area contributed by atoms with Gasteiger partial charge in [0, 0.05) is 19.5 Å². The highest BCUT2D eigenvalue weighted by Crippen LogP contribution is 2.08. The number of amides is 2. The van der Waals surface area contributed by atoms with Crippen LogP contribution < -0.4 is 10.6 Å². The largest absolute Gasteiger partial charge is 0.481 e. The molecule has 0 aliphatic carbocycles. The zero-order chi connectivity index (χ0) is 15.4. The van der Waals surface area contributed by atoms with Gasteiger partial charge in [-0.25, -0.2) is 4.79 Å². The molecular weight excluding hydrogens is 264 g/mol. The SMILES string of the molecule is CCOC(=O)CCNC(=O)NCCC(C)CCC(=O)O.